The van der Waals surface area contributed by atoms with Crippen molar-refractivity contribution in [3.05, 3.63) is 56.2 Å². The lowest BCUT2D eigenvalue weighted by Gasteiger charge is -2.02. The van der Waals surface area contributed by atoms with Crippen LogP contribution in [-0.4, -0.2) is 5.78 Å². The Bertz CT molecular complexity index is 545. The van der Waals surface area contributed by atoms with Gasteiger partial charge < -0.3 is 0 Å². The van der Waals surface area contributed by atoms with Crippen molar-refractivity contribution < 1.29 is 4.79 Å². The van der Waals surface area contributed by atoms with Crippen LogP contribution in [0.4, 0.5) is 0 Å². The molecule has 1 aromatic carbocycles. The van der Waals surface area contributed by atoms with E-state index in [1.807, 2.05) is 18.2 Å². The van der Waals surface area contributed by atoms with Crippen LogP contribution in [0.5, 0.6) is 0 Å². The van der Waals surface area contributed by atoms with Crippen molar-refractivity contribution in [2.24, 2.45) is 0 Å². The smallest absolute Gasteiger partial charge is 0.138 e. The summed E-state index contributed by atoms with van der Waals surface area (Å²) in [5.41, 5.74) is 2.50. The highest BCUT2D eigenvalue weighted by atomic mass is 79.9. The molecule has 0 N–H and O–H groups in total. The summed E-state index contributed by atoms with van der Waals surface area (Å²) in [5.74, 6) is 0.311. The maximum atomic E-state index is 11.9. The fourth-order valence-corrected chi connectivity index (χ4v) is 3.39. The van der Waals surface area contributed by atoms with Gasteiger partial charge in [-0.1, -0.05) is 29.8 Å². The SMILES string of the molecule is Cc1cccc(CCC(=O)Cc2ccc(Br)s2)c1. The van der Waals surface area contributed by atoms with Crippen LogP contribution >= 0.6 is 27.3 Å². The van der Waals surface area contributed by atoms with Crippen LogP contribution in [0.1, 0.15) is 22.4 Å². The van der Waals surface area contributed by atoms with Gasteiger partial charge in [0.2, 0.25) is 0 Å². The van der Waals surface area contributed by atoms with Crippen molar-refractivity contribution in [3.63, 3.8) is 0 Å². The average Bonchev–Trinajstić information content (AvgIpc) is 2.72. The number of halogens is 1. The summed E-state index contributed by atoms with van der Waals surface area (Å²) < 4.78 is 1.09. The summed E-state index contributed by atoms with van der Waals surface area (Å²) in [6.45, 7) is 2.08. The minimum Gasteiger partial charge on any atom is -0.299 e. The molecule has 0 aliphatic carbocycles. The summed E-state index contributed by atoms with van der Waals surface area (Å²) in [5, 5.41) is 0. The summed E-state index contributed by atoms with van der Waals surface area (Å²) in [6.07, 6.45) is 2.02. The number of Topliss-reactive ketones (excluding diaryl/α,β-unsaturated/α-hetero) is 1. The molecule has 1 nitrogen and oxygen atoms in total. The molecule has 0 bridgehead atoms. The number of ketones is 1. The minimum atomic E-state index is 0.311. The quantitative estimate of drug-likeness (QED) is 0.788. The van der Waals surface area contributed by atoms with Crippen molar-refractivity contribution in [3.8, 4) is 0 Å². The van der Waals surface area contributed by atoms with E-state index in [-0.39, 0.29) is 0 Å². The monoisotopic (exact) mass is 322 g/mol. The maximum Gasteiger partial charge on any atom is 0.138 e. The molecule has 0 unspecified atom stereocenters. The Balaban J connectivity index is 1.85. The van der Waals surface area contributed by atoms with Gasteiger partial charge in [-0.25, -0.2) is 0 Å². The van der Waals surface area contributed by atoms with Gasteiger partial charge in [0.05, 0.1) is 3.79 Å². The highest BCUT2D eigenvalue weighted by Gasteiger charge is 2.06. The second kappa shape index (κ2) is 6.30. The third kappa shape index (κ3) is 4.07. The molecule has 0 spiro atoms. The van der Waals surface area contributed by atoms with E-state index < -0.39 is 0 Å². The number of hydrogen-bond donors (Lipinski definition) is 0. The molecule has 1 aromatic heterocycles. The van der Waals surface area contributed by atoms with Crippen LogP contribution in [0.15, 0.2) is 40.2 Å². The molecule has 0 fully saturated rings. The lowest BCUT2D eigenvalue weighted by Crippen LogP contribution is -2.03. The number of carbonyl (C=O) groups is 1. The second-order valence-electron chi connectivity index (χ2n) is 4.41. The van der Waals surface area contributed by atoms with E-state index in [1.54, 1.807) is 11.3 Å². The van der Waals surface area contributed by atoms with Crippen molar-refractivity contribution in [1.29, 1.82) is 0 Å². The number of hydrogen-bond acceptors (Lipinski definition) is 2. The molecule has 94 valence electrons. The Labute approximate surface area is 120 Å². The van der Waals surface area contributed by atoms with Gasteiger partial charge >= 0.3 is 0 Å². The summed E-state index contributed by atoms with van der Waals surface area (Å²) >= 11 is 5.05. The molecule has 0 radical (unpaired) electrons. The number of aryl methyl sites for hydroxylation is 2. The zero-order valence-corrected chi connectivity index (χ0v) is 12.7. The van der Waals surface area contributed by atoms with E-state index in [2.05, 4.69) is 41.1 Å². The van der Waals surface area contributed by atoms with E-state index >= 15 is 0 Å². The van der Waals surface area contributed by atoms with Crippen molar-refractivity contribution >= 4 is 33.0 Å². The molecule has 1 heterocycles. The van der Waals surface area contributed by atoms with E-state index in [1.165, 1.54) is 11.1 Å². The van der Waals surface area contributed by atoms with E-state index in [9.17, 15) is 4.79 Å². The molecular formula is C15H15BrOS. The summed E-state index contributed by atoms with van der Waals surface area (Å²) in [6, 6.07) is 12.4. The van der Waals surface area contributed by atoms with Crippen LogP contribution in [-0.2, 0) is 17.6 Å². The third-order valence-electron chi connectivity index (χ3n) is 2.78. The Morgan fingerprint density at radius 3 is 2.78 bits per heavy atom. The third-order valence-corrected chi connectivity index (χ3v) is 4.40. The first kappa shape index (κ1) is 13.5. The molecule has 0 aliphatic heterocycles. The predicted octanol–water partition coefficient (Wildman–Crippen LogP) is 4.56. The summed E-state index contributed by atoms with van der Waals surface area (Å²) in [4.78, 5) is 13.0. The molecule has 2 rings (SSSR count). The highest BCUT2D eigenvalue weighted by molar-refractivity contribution is 9.11. The van der Waals surface area contributed by atoms with Gasteiger partial charge in [0.15, 0.2) is 0 Å². The van der Waals surface area contributed by atoms with Gasteiger partial charge in [-0.05, 0) is 47.0 Å². The standard InChI is InChI=1S/C15H15BrOS/c1-11-3-2-4-12(9-11)5-6-13(17)10-14-7-8-15(16)18-14/h2-4,7-9H,5-6,10H2,1H3. The average molecular weight is 323 g/mol. The van der Waals surface area contributed by atoms with Gasteiger partial charge in [-0.2, -0.15) is 0 Å². The second-order valence-corrected chi connectivity index (χ2v) is 6.96. The molecule has 0 saturated heterocycles. The molecule has 0 saturated carbocycles. The highest BCUT2D eigenvalue weighted by Crippen LogP contribution is 2.23. The van der Waals surface area contributed by atoms with E-state index in [0.29, 0.717) is 18.6 Å². The number of rotatable bonds is 5. The molecule has 18 heavy (non-hydrogen) atoms. The van der Waals surface area contributed by atoms with E-state index in [4.69, 9.17) is 0 Å². The molecule has 3 heteroatoms. The number of thiophene rings is 1. The first-order valence-corrected chi connectivity index (χ1v) is 7.56. The van der Waals surface area contributed by atoms with Gasteiger partial charge in [0.1, 0.15) is 5.78 Å². The minimum absolute atomic E-state index is 0.311. The fraction of sp³-hybridized carbons (Fsp3) is 0.267. The molecule has 0 amide bonds. The van der Waals surface area contributed by atoms with Crippen molar-refractivity contribution in [2.45, 2.75) is 26.2 Å². The van der Waals surface area contributed by atoms with Crippen molar-refractivity contribution in [2.75, 3.05) is 0 Å². The Hall–Kier alpha value is -0.930. The van der Waals surface area contributed by atoms with Crippen LogP contribution in [0.3, 0.4) is 0 Å². The molecule has 2 aromatic rings. The number of carbonyl (C=O) groups excluding carboxylic acids is 1. The van der Waals surface area contributed by atoms with Gasteiger partial charge in [-0.3, -0.25) is 4.79 Å². The van der Waals surface area contributed by atoms with Gasteiger partial charge in [0, 0.05) is 17.7 Å². The van der Waals surface area contributed by atoms with E-state index in [0.717, 1.165) is 15.1 Å². The number of benzene rings is 1. The van der Waals surface area contributed by atoms with Crippen LogP contribution in [0.2, 0.25) is 0 Å². The lowest BCUT2D eigenvalue weighted by molar-refractivity contribution is -0.118. The van der Waals surface area contributed by atoms with Gasteiger partial charge in [-0.15, -0.1) is 11.3 Å². The first-order valence-electron chi connectivity index (χ1n) is 5.95. The fourth-order valence-electron chi connectivity index (χ4n) is 1.88. The molecular weight excluding hydrogens is 308 g/mol. The Morgan fingerprint density at radius 1 is 1.28 bits per heavy atom. The Kier molecular flexibility index (Phi) is 4.72. The topological polar surface area (TPSA) is 17.1 Å². The van der Waals surface area contributed by atoms with Gasteiger partial charge in [0.25, 0.3) is 0 Å². The Morgan fingerprint density at radius 2 is 2.11 bits per heavy atom. The normalized spacial score (nSPS) is 10.6. The van der Waals surface area contributed by atoms with Crippen LogP contribution < -0.4 is 0 Å². The maximum absolute atomic E-state index is 11.9. The van der Waals surface area contributed by atoms with Crippen LogP contribution in [0.25, 0.3) is 0 Å². The molecule has 0 atom stereocenters. The van der Waals surface area contributed by atoms with Crippen molar-refractivity contribution in [1.82, 2.24) is 0 Å². The van der Waals surface area contributed by atoms with Crippen LogP contribution in [0, 0.1) is 6.92 Å². The molecule has 0 aliphatic rings. The summed E-state index contributed by atoms with van der Waals surface area (Å²) in [7, 11) is 0. The largest absolute Gasteiger partial charge is 0.299 e. The zero-order chi connectivity index (χ0) is 13.0. The first-order chi connectivity index (χ1) is 8.63. The zero-order valence-electron chi connectivity index (χ0n) is 10.3. The lowest BCUT2D eigenvalue weighted by atomic mass is 10.0. The predicted molar refractivity (Wildman–Crippen MR) is 80.2 cm³/mol.